The Labute approximate surface area is 175 Å². The molecule has 0 aromatic heterocycles. The Kier molecular flexibility index (Phi) is 7.47. The predicted molar refractivity (Wildman–Crippen MR) is 113 cm³/mol. The van der Waals surface area contributed by atoms with E-state index in [0.29, 0.717) is 34.1 Å². The van der Waals surface area contributed by atoms with Gasteiger partial charge in [0.1, 0.15) is 11.4 Å². The van der Waals surface area contributed by atoms with Gasteiger partial charge >= 0.3 is 5.97 Å². The molecule has 0 saturated heterocycles. The number of allylic oxidation sites excluding steroid dienone is 1. The molecule has 0 radical (unpaired) electrons. The lowest BCUT2D eigenvalue weighted by atomic mass is 10.1. The monoisotopic (exact) mass is 414 g/mol. The zero-order valence-electron chi connectivity index (χ0n) is 17.7. The minimum Gasteiger partial charge on any atom is -0.493 e. The summed E-state index contributed by atoms with van der Waals surface area (Å²) in [6.07, 6.45) is 3.04. The summed E-state index contributed by atoms with van der Waals surface area (Å²) in [5, 5.41) is 8.72. The van der Waals surface area contributed by atoms with Gasteiger partial charge in [-0.15, -0.1) is 0 Å². The molecule has 30 heavy (non-hydrogen) atoms. The molecule has 7 nitrogen and oxygen atoms in total. The third-order valence-electron chi connectivity index (χ3n) is 3.83. The number of rotatable bonds is 9. The zero-order chi connectivity index (χ0) is 22.3. The average Bonchev–Trinajstić information content (AvgIpc) is 2.69. The molecule has 0 aliphatic rings. The van der Waals surface area contributed by atoms with Crippen LogP contribution in [-0.4, -0.2) is 43.3 Å². The number of ether oxygens (including phenoxy) is 4. The molecule has 0 unspecified atom stereocenters. The minimum absolute atomic E-state index is 0.271. The van der Waals surface area contributed by atoms with E-state index in [1.165, 1.54) is 26.4 Å². The second kappa shape index (κ2) is 9.82. The van der Waals surface area contributed by atoms with E-state index in [2.05, 4.69) is 0 Å². The highest BCUT2D eigenvalue weighted by Gasteiger charge is 2.21. The molecule has 0 bridgehead atoms. The molecule has 1 N–H and O–H groups in total. The number of carboxylic acid groups (broad SMARTS) is 1. The number of methoxy groups -OCH3 is 2. The van der Waals surface area contributed by atoms with E-state index >= 15 is 0 Å². The zero-order valence-corrected chi connectivity index (χ0v) is 17.7. The smallest absolute Gasteiger partial charge is 0.341 e. The summed E-state index contributed by atoms with van der Waals surface area (Å²) in [7, 11) is 3.06. The van der Waals surface area contributed by atoms with Gasteiger partial charge in [-0.2, -0.15) is 0 Å². The number of hydrogen-bond acceptors (Lipinski definition) is 6. The molecule has 2 rings (SSSR count). The van der Waals surface area contributed by atoms with Gasteiger partial charge in [0.2, 0.25) is 5.75 Å². The molecular weight excluding hydrogens is 388 g/mol. The molecule has 0 heterocycles. The lowest BCUT2D eigenvalue weighted by Gasteiger charge is -2.25. The topological polar surface area (TPSA) is 91.3 Å². The van der Waals surface area contributed by atoms with E-state index in [1.54, 1.807) is 36.4 Å². The molecule has 0 saturated carbocycles. The van der Waals surface area contributed by atoms with Crippen LogP contribution in [0.3, 0.4) is 0 Å². The van der Waals surface area contributed by atoms with Gasteiger partial charge in [0.15, 0.2) is 23.9 Å². The van der Waals surface area contributed by atoms with Crippen LogP contribution in [0, 0.1) is 0 Å². The third kappa shape index (κ3) is 6.27. The predicted octanol–water partition coefficient (Wildman–Crippen LogP) is 4.24. The first-order valence-corrected chi connectivity index (χ1v) is 9.25. The molecule has 160 valence electrons. The fraction of sp³-hybridized carbons (Fsp3) is 0.304. The van der Waals surface area contributed by atoms with Crippen LogP contribution in [0.25, 0.3) is 6.08 Å². The fourth-order valence-corrected chi connectivity index (χ4v) is 2.60. The van der Waals surface area contributed by atoms with Gasteiger partial charge < -0.3 is 24.1 Å². The minimum atomic E-state index is -1.09. The number of carbonyl (C=O) groups is 2. The number of benzene rings is 2. The van der Waals surface area contributed by atoms with E-state index in [4.69, 9.17) is 24.1 Å². The van der Waals surface area contributed by atoms with Gasteiger partial charge in [0.05, 0.1) is 14.2 Å². The summed E-state index contributed by atoms with van der Waals surface area (Å²) in [5.74, 6) is 0.361. The summed E-state index contributed by atoms with van der Waals surface area (Å²) >= 11 is 0. The highest BCUT2D eigenvalue weighted by atomic mass is 16.5. The normalized spacial score (nSPS) is 11.2. The van der Waals surface area contributed by atoms with Gasteiger partial charge in [-0.1, -0.05) is 12.1 Å². The second-order valence-corrected chi connectivity index (χ2v) is 7.34. The summed E-state index contributed by atoms with van der Waals surface area (Å²) in [4.78, 5) is 23.3. The standard InChI is InChI=1S/C23H26O7/c1-23(2,3)30-21-15(10-12-19(27-4)22(21)28-5)9-11-18(24)16-7-6-8-17(13-16)29-14-20(25)26/h6-13H,14H2,1-5H3,(H,25,26)/b11-9+. The Balaban J connectivity index is 2.33. The third-order valence-corrected chi connectivity index (χ3v) is 3.83. The lowest BCUT2D eigenvalue weighted by Crippen LogP contribution is -2.23. The van der Waals surface area contributed by atoms with Crippen molar-refractivity contribution in [3.05, 3.63) is 53.6 Å². The Morgan fingerprint density at radius 3 is 2.37 bits per heavy atom. The number of aliphatic carboxylic acids is 1. The van der Waals surface area contributed by atoms with E-state index in [0.717, 1.165) is 0 Å². The van der Waals surface area contributed by atoms with Gasteiger partial charge in [-0.25, -0.2) is 4.79 Å². The SMILES string of the molecule is COc1ccc(/C=C/C(=O)c2cccc(OCC(=O)O)c2)c(OC(C)(C)C)c1OC. The summed E-state index contributed by atoms with van der Waals surface area (Å²) in [6, 6.07) is 9.85. The van der Waals surface area contributed by atoms with Crippen molar-refractivity contribution >= 4 is 17.8 Å². The van der Waals surface area contributed by atoms with Crippen LogP contribution in [0.5, 0.6) is 23.0 Å². The molecule has 0 aliphatic heterocycles. The van der Waals surface area contributed by atoms with Crippen molar-refractivity contribution in [1.29, 1.82) is 0 Å². The quantitative estimate of drug-likeness (QED) is 0.485. The molecule has 2 aromatic rings. The van der Waals surface area contributed by atoms with Crippen molar-refractivity contribution in [3.63, 3.8) is 0 Å². The van der Waals surface area contributed by atoms with Gasteiger partial charge in [0, 0.05) is 11.1 Å². The van der Waals surface area contributed by atoms with Crippen LogP contribution >= 0.6 is 0 Å². The van der Waals surface area contributed by atoms with Crippen molar-refractivity contribution in [2.24, 2.45) is 0 Å². The van der Waals surface area contributed by atoms with Gasteiger partial charge in [-0.3, -0.25) is 4.79 Å². The van der Waals surface area contributed by atoms with E-state index in [9.17, 15) is 9.59 Å². The van der Waals surface area contributed by atoms with Crippen LogP contribution in [0.1, 0.15) is 36.7 Å². The maximum absolute atomic E-state index is 12.6. The highest BCUT2D eigenvalue weighted by molar-refractivity contribution is 6.07. The Morgan fingerprint density at radius 1 is 1.03 bits per heavy atom. The first kappa shape index (κ1) is 22.8. The van der Waals surface area contributed by atoms with Crippen LogP contribution < -0.4 is 18.9 Å². The van der Waals surface area contributed by atoms with Crippen molar-refractivity contribution in [2.45, 2.75) is 26.4 Å². The fourth-order valence-electron chi connectivity index (χ4n) is 2.60. The van der Waals surface area contributed by atoms with E-state index in [-0.39, 0.29) is 5.78 Å². The molecule has 0 aliphatic carbocycles. The Hall–Kier alpha value is -3.48. The first-order chi connectivity index (χ1) is 14.1. The van der Waals surface area contributed by atoms with E-state index in [1.807, 2.05) is 20.8 Å². The van der Waals surface area contributed by atoms with Gasteiger partial charge in [0.25, 0.3) is 0 Å². The summed E-state index contributed by atoms with van der Waals surface area (Å²) < 4.78 is 22.0. The van der Waals surface area contributed by atoms with Crippen LogP contribution in [-0.2, 0) is 4.79 Å². The van der Waals surface area contributed by atoms with Crippen molar-refractivity contribution in [3.8, 4) is 23.0 Å². The van der Waals surface area contributed by atoms with Crippen molar-refractivity contribution in [2.75, 3.05) is 20.8 Å². The summed E-state index contributed by atoms with van der Waals surface area (Å²) in [6.45, 7) is 5.25. The number of ketones is 1. The average molecular weight is 414 g/mol. The maximum atomic E-state index is 12.6. The van der Waals surface area contributed by atoms with Gasteiger partial charge in [-0.05, 0) is 57.2 Å². The number of carboxylic acids is 1. The Bertz CT molecular complexity index is 939. The van der Waals surface area contributed by atoms with Crippen LogP contribution in [0.2, 0.25) is 0 Å². The number of carbonyl (C=O) groups excluding carboxylic acids is 1. The molecular formula is C23H26O7. The molecule has 0 amide bonds. The summed E-state index contributed by atoms with van der Waals surface area (Å²) in [5.41, 5.74) is 0.518. The Morgan fingerprint density at radius 2 is 1.77 bits per heavy atom. The molecule has 0 atom stereocenters. The van der Waals surface area contributed by atoms with Crippen LogP contribution in [0.4, 0.5) is 0 Å². The maximum Gasteiger partial charge on any atom is 0.341 e. The largest absolute Gasteiger partial charge is 0.493 e. The van der Waals surface area contributed by atoms with Crippen LogP contribution in [0.15, 0.2) is 42.5 Å². The second-order valence-electron chi connectivity index (χ2n) is 7.34. The molecule has 7 heteroatoms. The number of hydrogen-bond donors (Lipinski definition) is 1. The first-order valence-electron chi connectivity index (χ1n) is 9.25. The highest BCUT2D eigenvalue weighted by Crippen LogP contribution is 2.42. The lowest BCUT2D eigenvalue weighted by molar-refractivity contribution is -0.139. The molecule has 0 fully saturated rings. The van der Waals surface area contributed by atoms with Crippen molar-refractivity contribution in [1.82, 2.24) is 0 Å². The molecule has 2 aromatic carbocycles. The van der Waals surface area contributed by atoms with Crippen molar-refractivity contribution < 1.29 is 33.6 Å². The molecule has 0 spiro atoms. The van der Waals surface area contributed by atoms with E-state index < -0.39 is 18.2 Å².